The van der Waals surface area contributed by atoms with Gasteiger partial charge in [-0.15, -0.1) is 0 Å². The van der Waals surface area contributed by atoms with Crippen LogP contribution in [0.2, 0.25) is 0 Å². The topological polar surface area (TPSA) is 58.6 Å². The van der Waals surface area contributed by atoms with Crippen molar-refractivity contribution in [1.29, 1.82) is 0 Å². The van der Waals surface area contributed by atoms with Crippen LogP contribution in [-0.2, 0) is 16.0 Å². The van der Waals surface area contributed by atoms with Crippen molar-refractivity contribution in [2.24, 2.45) is 0 Å². The standard InChI is InChI=1S/C25H33BrN2O3/c1-5-19(4)27-25(30)23(6-2)28(15-14-20-10-8-7-9-11-20)24(29)17-31-21-12-13-22(26)18(3)16-21/h7-13,16,19,23H,5-6,14-15,17H2,1-4H3,(H,27,30). The molecular formula is C25H33BrN2O3. The van der Waals surface area contributed by atoms with Crippen LogP contribution in [0.15, 0.2) is 53.0 Å². The maximum absolute atomic E-state index is 13.2. The van der Waals surface area contributed by atoms with E-state index in [1.54, 1.807) is 4.90 Å². The largest absolute Gasteiger partial charge is 0.484 e. The number of hydrogen-bond donors (Lipinski definition) is 1. The molecule has 0 bridgehead atoms. The van der Waals surface area contributed by atoms with Crippen LogP contribution >= 0.6 is 15.9 Å². The maximum Gasteiger partial charge on any atom is 0.261 e. The smallest absolute Gasteiger partial charge is 0.261 e. The molecule has 6 heteroatoms. The van der Waals surface area contributed by atoms with E-state index in [1.165, 1.54) is 0 Å². The van der Waals surface area contributed by atoms with Crippen molar-refractivity contribution in [2.45, 2.75) is 59.0 Å². The number of aryl methyl sites for hydroxylation is 1. The Labute approximate surface area is 194 Å². The number of nitrogens with zero attached hydrogens (tertiary/aromatic N) is 1. The molecule has 2 atom stereocenters. The minimum Gasteiger partial charge on any atom is -0.484 e. The monoisotopic (exact) mass is 488 g/mol. The van der Waals surface area contributed by atoms with Gasteiger partial charge in [-0.25, -0.2) is 0 Å². The van der Waals surface area contributed by atoms with Crippen molar-refractivity contribution in [3.63, 3.8) is 0 Å². The first-order valence-corrected chi connectivity index (χ1v) is 11.7. The first-order valence-electron chi connectivity index (χ1n) is 10.9. The number of rotatable bonds is 11. The minimum absolute atomic E-state index is 0.0645. The molecule has 2 amide bonds. The quantitative estimate of drug-likeness (QED) is 0.489. The molecule has 0 fully saturated rings. The lowest BCUT2D eigenvalue weighted by atomic mass is 10.1. The van der Waals surface area contributed by atoms with Gasteiger partial charge in [0, 0.05) is 17.1 Å². The third-order valence-corrected chi connectivity index (χ3v) is 6.25. The zero-order valence-electron chi connectivity index (χ0n) is 18.9. The first-order chi connectivity index (χ1) is 14.8. The lowest BCUT2D eigenvalue weighted by molar-refractivity contribution is -0.142. The minimum atomic E-state index is -0.527. The Morgan fingerprint density at radius 2 is 1.81 bits per heavy atom. The molecule has 0 spiro atoms. The van der Waals surface area contributed by atoms with Gasteiger partial charge in [0.1, 0.15) is 11.8 Å². The van der Waals surface area contributed by atoms with Gasteiger partial charge >= 0.3 is 0 Å². The molecule has 0 radical (unpaired) electrons. The van der Waals surface area contributed by atoms with Crippen LogP contribution < -0.4 is 10.1 Å². The summed E-state index contributed by atoms with van der Waals surface area (Å²) in [5.41, 5.74) is 2.16. The Kier molecular flexibility index (Phi) is 10.0. The van der Waals surface area contributed by atoms with E-state index in [0.29, 0.717) is 25.1 Å². The van der Waals surface area contributed by atoms with Crippen molar-refractivity contribution in [1.82, 2.24) is 10.2 Å². The van der Waals surface area contributed by atoms with Crippen molar-refractivity contribution < 1.29 is 14.3 Å². The lowest BCUT2D eigenvalue weighted by Crippen LogP contribution is -2.52. The molecule has 168 valence electrons. The molecule has 1 N–H and O–H groups in total. The summed E-state index contributed by atoms with van der Waals surface area (Å²) >= 11 is 3.47. The number of halogens is 1. The van der Waals surface area contributed by atoms with Gasteiger partial charge in [0.2, 0.25) is 5.91 Å². The molecule has 31 heavy (non-hydrogen) atoms. The van der Waals surface area contributed by atoms with Crippen molar-refractivity contribution in [3.8, 4) is 5.75 Å². The maximum atomic E-state index is 13.2. The summed E-state index contributed by atoms with van der Waals surface area (Å²) in [5, 5.41) is 3.02. The molecule has 0 saturated heterocycles. The molecular weight excluding hydrogens is 456 g/mol. The number of hydrogen-bond acceptors (Lipinski definition) is 3. The highest BCUT2D eigenvalue weighted by Gasteiger charge is 2.29. The second-order valence-corrected chi connectivity index (χ2v) is 8.62. The summed E-state index contributed by atoms with van der Waals surface area (Å²) < 4.78 is 6.76. The molecule has 5 nitrogen and oxygen atoms in total. The van der Waals surface area contributed by atoms with Gasteiger partial charge in [-0.1, -0.05) is 60.1 Å². The van der Waals surface area contributed by atoms with E-state index < -0.39 is 6.04 Å². The van der Waals surface area contributed by atoms with E-state index >= 15 is 0 Å². The summed E-state index contributed by atoms with van der Waals surface area (Å²) in [6, 6.07) is 15.1. The van der Waals surface area contributed by atoms with Crippen LogP contribution in [0.5, 0.6) is 5.75 Å². The third kappa shape index (κ3) is 7.69. The predicted molar refractivity (Wildman–Crippen MR) is 128 cm³/mol. The Balaban J connectivity index is 2.14. The van der Waals surface area contributed by atoms with E-state index in [4.69, 9.17) is 4.74 Å². The average Bonchev–Trinajstić information content (AvgIpc) is 2.77. The van der Waals surface area contributed by atoms with E-state index in [0.717, 1.165) is 22.0 Å². The van der Waals surface area contributed by atoms with Crippen molar-refractivity contribution >= 4 is 27.7 Å². The van der Waals surface area contributed by atoms with Gasteiger partial charge in [-0.05, 0) is 62.4 Å². The fraction of sp³-hybridized carbons (Fsp3) is 0.440. The third-order valence-electron chi connectivity index (χ3n) is 5.36. The number of carbonyl (C=O) groups is 2. The fourth-order valence-electron chi connectivity index (χ4n) is 3.27. The molecule has 2 aromatic rings. The molecule has 2 aromatic carbocycles. The zero-order valence-corrected chi connectivity index (χ0v) is 20.4. The molecule has 2 unspecified atom stereocenters. The fourth-order valence-corrected chi connectivity index (χ4v) is 3.52. The number of nitrogens with one attached hydrogen (secondary N) is 1. The van der Waals surface area contributed by atoms with Gasteiger partial charge in [0.25, 0.3) is 5.91 Å². The van der Waals surface area contributed by atoms with Crippen molar-refractivity contribution in [2.75, 3.05) is 13.2 Å². The molecule has 0 aliphatic carbocycles. The number of ether oxygens (including phenoxy) is 1. The van der Waals surface area contributed by atoms with Gasteiger partial charge in [0.15, 0.2) is 6.61 Å². The first kappa shape index (κ1) is 24.9. The van der Waals surface area contributed by atoms with Crippen LogP contribution in [0.1, 0.15) is 44.7 Å². The van der Waals surface area contributed by atoms with E-state index in [2.05, 4.69) is 21.2 Å². The van der Waals surface area contributed by atoms with E-state index in [-0.39, 0.29) is 24.5 Å². The van der Waals surface area contributed by atoms with Gasteiger partial charge < -0.3 is 15.0 Å². The molecule has 0 saturated carbocycles. The molecule has 0 aliphatic heterocycles. The highest BCUT2D eigenvalue weighted by Crippen LogP contribution is 2.21. The molecule has 0 aliphatic rings. The summed E-state index contributed by atoms with van der Waals surface area (Å²) in [6.45, 7) is 8.25. The van der Waals surface area contributed by atoms with Crippen LogP contribution in [0.25, 0.3) is 0 Å². The van der Waals surface area contributed by atoms with Gasteiger partial charge in [-0.2, -0.15) is 0 Å². The second kappa shape index (κ2) is 12.5. The highest BCUT2D eigenvalue weighted by atomic mass is 79.9. The number of carbonyl (C=O) groups excluding carboxylic acids is 2. The molecule has 0 aromatic heterocycles. The average molecular weight is 489 g/mol. The van der Waals surface area contributed by atoms with Gasteiger partial charge in [-0.3, -0.25) is 9.59 Å². The summed E-state index contributed by atoms with van der Waals surface area (Å²) in [4.78, 5) is 27.7. The van der Waals surface area contributed by atoms with Gasteiger partial charge in [0.05, 0.1) is 0 Å². The summed E-state index contributed by atoms with van der Waals surface area (Å²) in [6.07, 6.45) is 2.06. The highest BCUT2D eigenvalue weighted by molar-refractivity contribution is 9.10. The Hall–Kier alpha value is -2.34. The number of benzene rings is 2. The zero-order chi connectivity index (χ0) is 22.8. The van der Waals surface area contributed by atoms with E-state index in [9.17, 15) is 9.59 Å². The number of amides is 2. The van der Waals surface area contributed by atoms with Crippen LogP contribution in [0.4, 0.5) is 0 Å². The Bertz CT molecular complexity index is 857. The second-order valence-electron chi connectivity index (χ2n) is 7.76. The Morgan fingerprint density at radius 3 is 2.42 bits per heavy atom. The predicted octanol–water partition coefficient (Wildman–Crippen LogP) is 4.90. The SMILES string of the molecule is CCC(C)NC(=O)C(CC)N(CCc1ccccc1)C(=O)COc1ccc(Br)c(C)c1. The normalized spacial score (nSPS) is 12.7. The Morgan fingerprint density at radius 1 is 1.10 bits per heavy atom. The van der Waals surface area contributed by atoms with Crippen LogP contribution in [-0.4, -0.2) is 41.9 Å². The summed E-state index contributed by atoms with van der Waals surface area (Å²) in [5.74, 6) is 0.328. The molecule has 0 heterocycles. The molecule has 2 rings (SSSR count). The van der Waals surface area contributed by atoms with Crippen LogP contribution in [0, 0.1) is 6.92 Å². The lowest BCUT2D eigenvalue weighted by Gasteiger charge is -2.31. The van der Waals surface area contributed by atoms with Crippen molar-refractivity contribution in [3.05, 3.63) is 64.1 Å². The summed E-state index contributed by atoms with van der Waals surface area (Å²) in [7, 11) is 0. The van der Waals surface area contributed by atoms with E-state index in [1.807, 2.05) is 76.2 Å². The van der Waals surface area contributed by atoms with Crippen LogP contribution in [0.3, 0.4) is 0 Å².